The fraction of sp³-hybridized carbons (Fsp3) is 0.636. The van der Waals surface area contributed by atoms with Gasteiger partial charge in [-0.05, 0) is 32.8 Å². The molecule has 0 radical (unpaired) electrons. The maximum atomic E-state index is 12.9. The minimum absolute atomic E-state index is 0.0543. The zero-order valence-corrected chi connectivity index (χ0v) is 23.1. The summed E-state index contributed by atoms with van der Waals surface area (Å²) in [4.78, 5) is 25.2. The zero-order valence-electron chi connectivity index (χ0n) is 20.7. The topological polar surface area (TPSA) is 145 Å². The van der Waals surface area contributed by atoms with E-state index in [2.05, 4.69) is 10.6 Å². The molecule has 0 aromatic heterocycles. The first kappa shape index (κ1) is 31.1. The second-order valence-corrected chi connectivity index (χ2v) is 14.5. The third-order valence-electron chi connectivity index (χ3n) is 4.44. The quantitative estimate of drug-likeness (QED) is 0.279. The third-order valence-corrected chi connectivity index (χ3v) is 6.95. The lowest BCUT2D eigenvalue weighted by Crippen LogP contribution is -2.51. The van der Waals surface area contributed by atoms with Gasteiger partial charge >= 0.3 is 6.09 Å². The molecule has 1 atom stereocenters. The second-order valence-electron chi connectivity index (χ2n) is 9.89. The first-order valence-electron chi connectivity index (χ1n) is 11.0. The van der Waals surface area contributed by atoms with Gasteiger partial charge in [-0.25, -0.2) is 13.2 Å². The predicted octanol–water partition coefficient (Wildman–Crippen LogP) is 2.57. The van der Waals surface area contributed by atoms with Crippen LogP contribution in [0, 0.1) is 5.41 Å². The predicted molar refractivity (Wildman–Crippen MR) is 134 cm³/mol. The fourth-order valence-corrected chi connectivity index (χ4v) is 4.84. The minimum atomic E-state index is -3.98. The Morgan fingerprint density at radius 3 is 2.14 bits per heavy atom. The van der Waals surface area contributed by atoms with E-state index in [1.807, 2.05) is 30.3 Å². The van der Waals surface area contributed by atoms with E-state index in [0.29, 0.717) is 0 Å². The smallest absolute Gasteiger partial charge is 0.408 e. The number of carbonyl (C=O) groups is 2. The highest BCUT2D eigenvalue weighted by Gasteiger charge is 2.28. The van der Waals surface area contributed by atoms with Crippen LogP contribution in [0.15, 0.2) is 30.3 Å². The monoisotopic (exact) mass is 554 g/mol. The molecule has 0 saturated heterocycles. The van der Waals surface area contributed by atoms with Gasteiger partial charge in [-0.15, -0.1) is 0 Å². The van der Waals surface area contributed by atoms with Crippen LogP contribution in [0.3, 0.4) is 0 Å². The van der Waals surface area contributed by atoms with E-state index in [9.17, 15) is 26.4 Å². The van der Waals surface area contributed by atoms with Crippen molar-refractivity contribution in [3.8, 4) is 0 Å². The van der Waals surface area contributed by atoms with E-state index in [1.165, 1.54) is 0 Å². The largest absolute Gasteiger partial charge is 0.444 e. The van der Waals surface area contributed by atoms with Crippen molar-refractivity contribution < 1.29 is 35.3 Å². The van der Waals surface area contributed by atoms with Crippen molar-refractivity contribution in [2.75, 3.05) is 24.7 Å². The Hall–Kier alpha value is -1.89. The molecule has 2 amide bonds. The van der Waals surface area contributed by atoms with Crippen LogP contribution >= 0.6 is 10.7 Å². The van der Waals surface area contributed by atoms with Crippen LogP contribution in [0.4, 0.5) is 4.79 Å². The molecule has 0 spiro atoms. The average Bonchev–Trinajstić information content (AvgIpc) is 2.68. The van der Waals surface area contributed by atoms with Crippen molar-refractivity contribution in [3.63, 3.8) is 0 Å². The molecule has 0 fully saturated rings. The minimum Gasteiger partial charge on any atom is -0.444 e. The van der Waals surface area contributed by atoms with Crippen molar-refractivity contribution in [1.82, 2.24) is 10.6 Å². The van der Waals surface area contributed by atoms with Crippen molar-refractivity contribution in [3.05, 3.63) is 35.9 Å². The van der Waals surface area contributed by atoms with E-state index in [0.717, 1.165) is 5.56 Å². The first-order valence-corrected chi connectivity index (χ1v) is 15.0. The molecule has 200 valence electrons. The van der Waals surface area contributed by atoms with Gasteiger partial charge in [-0.2, -0.15) is 8.42 Å². The molecular weight excluding hydrogens is 520 g/mol. The van der Waals surface area contributed by atoms with Crippen LogP contribution in [0.25, 0.3) is 0 Å². The molecule has 0 aliphatic carbocycles. The van der Waals surface area contributed by atoms with Crippen molar-refractivity contribution in [2.45, 2.75) is 59.1 Å². The molecule has 1 aromatic rings. The molecule has 0 aliphatic heterocycles. The number of carbonyl (C=O) groups excluding carboxylic acids is 2. The summed E-state index contributed by atoms with van der Waals surface area (Å²) in [7, 11) is -2.68. The van der Waals surface area contributed by atoms with Crippen LogP contribution in [-0.4, -0.2) is 65.1 Å². The first-order chi connectivity index (χ1) is 15.9. The standard InChI is InChI=1S/C22H35ClN2O8S2/c1-21(2,3)33-20(27)25-18(14-17-10-7-6-8-11-17)19(26)24-15-22(4,5)16-32-35(30,31)13-9-12-34(23,28)29/h6-8,10-11,18H,9,12-16H2,1-5H3,(H,24,26)(H,25,27)/t18-/m0/s1. The molecule has 1 aromatic carbocycles. The SMILES string of the molecule is CC(C)(CNC(=O)[C@H](Cc1ccccc1)NC(=O)OC(C)(C)C)COS(=O)(=O)CCCS(=O)(=O)Cl. The van der Waals surface area contributed by atoms with E-state index in [1.54, 1.807) is 34.6 Å². The zero-order chi connectivity index (χ0) is 26.9. The van der Waals surface area contributed by atoms with Gasteiger partial charge in [0.2, 0.25) is 15.0 Å². The Morgan fingerprint density at radius 1 is 1.00 bits per heavy atom. The van der Waals surface area contributed by atoms with Gasteiger partial charge in [-0.1, -0.05) is 44.2 Å². The summed E-state index contributed by atoms with van der Waals surface area (Å²) in [5, 5.41) is 5.32. The molecular formula is C22H35ClN2O8S2. The molecule has 1 rings (SSSR count). The Balaban J connectivity index is 2.73. The molecule has 2 N–H and O–H groups in total. The summed E-state index contributed by atoms with van der Waals surface area (Å²) >= 11 is 0. The fourth-order valence-electron chi connectivity index (χ4n) is 2.73. The lowest BCUT2D eigenvalue weighted by Gasteiger charge is -2.27. The normalized spacial score (nSPS) is 13.7. The van der Waals surface area contributed by atoms with Crippen molar-refractivity contribution >= 4 is 41.9 Å². The summed E-state index contributed by atoms with van der Waals surface area (Å²) in [6, 6.07) is 8.21. The number of benzene rings is 1. The summed E-state index contributed by atoms with van der Waals surface area (Å²) < 4.78 is 56.2. The Labute approximate surface area is 212 Å². The van der Waals surface area contributed by atoms with Crippen LogP contribution in [-0.2, 0) is 39.3 Å². The van der Waals surface area contributed by atoms with E-state index in [4.69, 9.17) is 19.6 Å². The summed E-state index contributed by atoms with van der Waals surface area (Å²) in [5.74, 6) is -1.45. The summed E-state index contributed by atoms with van der Waals surface area (Å²) in [6.45, 7) is 8.34. The molecule has 35 heavy (non-hydrogen) atoms. The van der Waals surface area contributed by atoms with E-state index < -0.39 is 59.7 Å². The summed E-state index contributed by atoms with van der Waals surface area (Å²) in [5.41, 5.74) is -0.697. The van der Waals surface area contributed by atoms with Crippen LogP contribution in [0.5, 0.6) is 0 Å². The van der Waals surface area contributed by atoms with Crippen LogP contribution in [0.1, 0.15) is 46.6 Å². The molecule has 0 unspecified atom stereocenters. The molecule has 0 aliphatic rings. The maximum absolute atomic E-state index is 12.9. The highest BCUT2D eigenvalue weighted by atomic mass is 35.7. The van der Waals surface area contributed by atoms with Crippen molar-refractivity contribution in [1.29, 1.82) is 0 Å². The van der Waals surface area contributed by atoms with Gasteiger partial charge in [-0.3, -0.25) is 8.98 Å². The van der Waals surface area contributed by atoms with Crippen LogP contribution in [0.2, 0.25) is 0 Å². The van der Waals surface area contributed by atoms with E-state index >= 15 is 0 Å². The number of alkyl carbamates (subject to hydrolysis) is 1. The highest BCUT2D eigenvalue weighted by molar-refractivity contribution is 8.13. The molecule has 0 bridgehead atoms. The number of hydrogen-bond donors (Lipinski definition) is 2. The Kier molecular flexibility index (Phi) is 11.5. The van der Waals surface area contributed by atoms with Gasteiger partial charge in [0.15, 0.2) is 0 Å². The number of ether oxygens (including phenoxy) is 1. The molecule has 13 heteroatoms. The molecule has 0 heterocycles. The summed E-state index contributed by atoms with van der Waals surface area (Å²) in [6.07, 6.45) is -0.704. The van der Waals surface area contributed by atoms with Crippen LogP contribution < -0.4 is 10.6 Å². The van der Waals surface area contributed by atoms with Gasteiger partial charge in [0.25, 0.3) is 10.1 Å². The molecule has 0 saturated carbocycles. The lowest BCUT2D eigenvalue weighted by atomic mass is 9.94. The Bertz CT molecular complexity index is 1050. The van der Waals surface area contributed by atoms with Gasteiger partial charge in [0.1, 0.15) is 11.6 Å². The number of nitrogens with one attached hydrogen (secondary N) is 2. The number of amides is 2. The Morgan fingerprint density at radius 2 is 1.60 bits per heavy atom. The van der Waals surface area contributed by atoms with Gasteiger partial charge in [0, 0.05) is 29.1 Å². The third kappa shape index (κ3) is 15.0. The number of rotatable bonds is 13. The lowest BCUT2D eigenvalue weighted by molar-refractivity contribution is -0.123. The number of hydrogen-bond acceptors (Lipinski definition) is 8. The van der Waals surface area contributed by atoms with Crippen molar-refractivity contribution in [2.24, 2.45) is 5.41 Å². The van der Waals surface area contributed by atoms with Gasteiger partial charge in [0.05, 0.1) is 18.1 Å². The molecule has 10 nitrogen and oxygen atoms in total. The van der Waals surface area contributed by atoms with Gasteiger partial charge < -0.3 is 15.4 Å². The second kappa shape index (κ2) is 12.9. The maximum Gasteiger partial charge on any atom is 0.408 e. The average molecular weight is 555 g/mol. The van der Waals surface area contributed by atoms with E-state index in [-0.39, 0.29) is 26.0 Å². The highest BCUT2D eigenvalue weighted by Crippen LogP contribution is 2.17. The number of halogens is 1.